The van der Waals surface area contributed by atoms with E-state index in [9.17, 15) is 0 Å². The molecule has 0 aliphatic carbocycles. The fourth-order valence-electron chi connectivity index (χ4n) is 0. The normalized spacial score (nSPS) is 4.00. The molecule has 6 heteroatoms. The first-order chi connectivity index (χ1) is 1.73. The van der Waals surface area contributed by atoms with E-state index in [-0.39, 0.29) is 33.1 Å². The summed E-state index contributed by atoms with van der Waals surface area (Å²) in [4.78, 5) is 8.25. The molecule has 5 nitrogen and oxygen atoms in total. The first kappa shape index (κ1) is 16.5. The van der Waals surface area contributed by atoms with E-state index in [1.165, 1.54) is 0 Å². The maximum atomic E-state index is 8.25. The van der Waals surface area contributed by atoms with Crippen LogP contribution in [-0.4, -0.2) is 10.6 Å². The summed E-state index contributed by atoms with van der Waals surface area (Å²) in [6.07, 6.45) is 0. The van der Waals surface area contributed by atoms with Crippen molar-refractivity contribution in [2.45, 2.75) is 0 Å². The van der Waals surface area contributed by atoms with Crippen LogP contribution in [-0.2, 0) is 27.7 Å². The van der Waals surface area contributed by atoms with E-state index in [0.29, 0.717) is 0 Å². The van der Waals surface area contributed by atoms with Gasteiger partial charge in [-0.2, -0.15) is 0 Å². The zero-order valence-electron chi connectivity index (χ0n) is 2.88. The Balaban J connectivity index is -0.0000000450. The van der Waals surface area contributed by atoms with Crippen LogP contribution in [0.3, 0.4) is 0 Å². The van der Waals surface area contributed by atoms with E-state index in [0.717, 1.165) is 0 Å². The van der Waals surface area contributed by atoms with Crippen molar-refractivity contribution in [2.24, 2.45) is 0 Å². The molecule has 0 aliphatic heterocycles. The van der Waals surface area contributed by atoms with Gasteiger partial charge in [0.15, 0.2) is 0 Å². The van der Waals surface area contributed by atoms with E-state index in [2.05, 4.69) is 0 Å². The van der Waals surface area contributed by atoms with Gasteiger partial charge >= 0.3 is 27.7 Å². The molecule has 2 N–H and O–H groups in total. The second-order valence-electron chi connectivity index (χ2n) is 0.224. The molecule has 0 saturated heterocycles. The Morgan fingerprint density at radius 1 is 1.33 bits per heavy atom. The van der Waals surface area contributed by atoms with Gasteiger partial charge in [0.2, 0.25) is 0 Å². The molecule has 0 spiro atoms. The van der Waals surface area contributed by atoms with Gasteiger partial charge in [-0.15, -0.1) is 0 Å². The smallest absolute Gasteiger partial charge is 0.412 e. The number of hydrogen-bond donors (Lipinski definition) is 0. The largest absolute Gasteiger partial charge is 1.00 e. The van der Waals surface area contributed by atoms with E-state index >= 15 is 0 Å². The summed E-state index contributed by atoms with van der Waals surface area (Å²) in [5.41, 5.74) is 0. The molecule has 0 aliphatic rings. The number of nitrogens with zero attached hydrogens (tertiary/aromatic N) is 1. The SMILES string of the molecule is O.O=[N+]([O-])[O-].[Hg+]. The molecule has 0 fully saturated rings. The van der Waals surface area contributed by atoms with Crippen LogP contribution in [0.25, 0.3) is 0 Å². The number of hydrogen-bond acceptors (Lipinski definition) is 3. The van der Waals surface area contributed by atoms with Crippen molar-refractivity contribution in [1.29, 1.82) is 0 Å². The topological polar surface area (TPSA) is 97.7 Å². The molecular weight excluding hydrogens is 279 g/mol. The first-order valence-corrected chi connectivity index (χ1v) is 0.548. The Morgan fingerprint density at radius 2 is 1.33 bits per heavy atom. The van der Waals surface area contributed by atoms with Crippen molar-refractivity contribution < 1.29 is 38.2 Å². The van der Waals surface area contributed by atoms with Crippen LogP contribution in [0, 0.1) is 15.3 Å². The Bertz CT molecular complexity index is 30.5. The van der Waals surface area contributed by atoms with Gasteiger partial charge in [-0.3, -0.25) is 0 Å². The predicted octanol–water partition coefficient (Wildman–Crippen LogP) is -1.07. The van der Waals surface area contributed by atoms with Gasteiger partial charge in [0.25, 0.3) is 0 Å². The second-order valence-corrected chi connectivity index (χ2v) is 0.224. The third-order valence-electron chi connectivity index (χ3n) is 0. The van der Waals surface area contributed by atoms with Crippen LogP contribution < -0.4 is 0 Å². The third kappa shape index (κ3) is 4340. The minimum atomic E-state index is -1.75. The molecule has 0 unspecified atom stereocenters. The van der Waals surface area contributed by atoms with Gasteiger partial charge in [0, 0.05) is 0 Å². The first-order valence-electron chi connectivity index (χ1n) is 0.548. The summed E-state index contributed by atoms with van der Waals surface area (Å²) >= 11 is 0. The predicted molar refractivity (Wildman–Crippen MR) is 14.0 cm³/mol. The molecular formula is H2HgNO4. The Morgan fingerprint density at radius 3 is 1.33 bits per heavy atom. The molecule has 0 bridgehead atoms. The quantitative estimate of drug-likeness (QED) is 0.321. The van der Waals surface area contributed by atoms with Crippen LogP contribution in [0.4, 0.5) is 0 Å². The van der Waals surface area contributed by atoms with Crippen LogP contribution in [0.2, 0.25) is 0 Å². The van der Waals surface area contributed by atoms with Crippen LogP contribution in [0.5, 0.6) is 0 Å². The molecule has 0 aromatic heterocycles. The van der Waals surface area contributed by atoms with Crippen molar-refractivity contribution in [1.82, 2.24) is 0 Å². The van der Waals surface area contributed by atoms with Crippen molar-refractivity contribution in [2.75, 3.05) is 0 Å². The minimum Gasteiger partial charge on any atom is -0.412 e. The van der Waals surface area contributed by atoms with Gasteiger partial charge in [0.1, 0.15) is 0 Å². The average molecular weight is 281 g/mol. The van der Waals surface area contributed by atoms with E-state index in [1.807, 2.05) is 0 Å². The summed E-state index contributed by atoms with van der Waals surface area (Å²) in [6, 6.07) is 0. The molecule has 0 atom stereocenters. The van der Waals surface area contributed by atoms with E-state index in [4.69, 9.17) is 15.3 Å². The van der Waals surface area contributed by atoms with Crippen molar-refractivity contribution in [3.63, 3.8) is 0 Å². The minimum absolute atomic E-state index is 0. The summed E-state index contributed by atoms with van der Waals surface area (Å²) in [6.45, 7) is 0. The monoisotopic (exact) mass is 282 g/mol. The Kier molecular flexibility index (Phi) is 24.6. The molecule has 0 heterocycles. The third-order valence-corrected chi connectivity index (χ3v) is 0. The van der Waals surface area contributed by atoms with Crippen LogP contribution in [0.15, 0.2) is 0 Å². The van der Waals surface area contributed by atoms with Gasteiger partial charge < -0.3 is 20.8 Å². The molecule has 1 radical (unpaired) electrons. The Labute approximate surface area is 53.9 Å². The summed E-state index contributed by atoms with van der Waals surface area (Å²) in [5, 5.41) is 14.8. The molecule has 0 aromatic carbocycles. The average Bonchev–Trinajstić information content (AvgIpc) is 0.811. The Hall–Kier alpha value is 0.0951. The van der Waals surface area contributed by atoms with Crippen LogP contribution in [0.1, 0.15) is 0 Å². The van der Waals surface area contributed by atoms with Gasteiger partial charge in [-0.25, -0.2) is 0 Å². The van der Waals surface area contributed by atoms with Crippen molar-refractivity contribution >= 4 is 0 Å². The van der Waals surface area contributed by atoms with Crippen molar-refractivity contribution in [3.8, 4) is 0 Å². The van der Waals surface area contributed by atoms with Crippen LogP contribution >= 0.6 is 0 Å². The molecule has 0 rings (SSSR count). The molecule has 33 valence electrons. The molecule has 0 saturated carbocycles. The van der Waals surface area contributed by atoms with E-state index in [1.54, 1.807) is 0 Å². The molecule has 6 heavy (non-hydrogen) atoms. The maximum Gasteiger partial charge on any atom is 1.00 e. The summed E-state index contributed by atoms with van der Waals surface area (Å²) in [5.74, 6) is 0. The molecule has 0 amide bonds. The fourth-order valence-corrected chi connectivity index (χ4v) is 0. The zero-order chi connectivity index (χ0) is 3.58. The van der Waals surface area contributed by atoms with E-state index < -0.39 is 5.09 Å². The summed E-state index contributed by atoms with van der Waals surface area (Å²) < 4.78 is 0. The van der Waals surface area contributed by atoms with Gasteiger partial charge in [-0.05, 0) is 0 Å². The second kappa shape index (κ2) is 8.92. The molecule has 0 aromatic rings. The number of rotatable bonds is 0. The van der Waals surface area contributed by atoms with Gasteiger partial charge in [0.05, 0.1) is 5.09 Å². The zero-order valence-corrected chi connectivity index (χ0v) is 8.38. The maximum absolute atomic E-state index is 8.25. The standard InChI is InChI=1S/Hg.NO3.H2O/c;2-1(3)4;/h;;1H2/q+1;-1;. The van der Waals surface area contributed by atoms with Crippen molar-refractivity contribution in [3.05, 3.63) is 15.3 Å². The van der Waals surface area contributed by atoms with Gasteiger partial charge in [-0.1, -0.05) is 0 Å². The fraction of sp³-hybridized carbons (Fsp3) is 0. The summed E-state index contributed by atoms with van der Waals surface area (Å²) in [7, 11) is 0.